The number of hydrogen-bond donors (Lipinski definition) is 3. The molecule has 1 fully saturated rings. The molecule has 14 nitrogen and oxygen atoms in total. The summed E-state index contributed by atoms with van der Waals surface area (Å²) in [6.45, 7) is -2.93. The van der Waals surface area contributed by atoms with Gasteiger partial charge in [0.2, 0.25) is 27.6 Å². The van der Waals surface area contributed by atoms with Crippen molar-refractivity contribution in [2.24, 2.45) is 5.92 Å². The standard InChI is InChI=1S/C22H26N8O6S/c1-23-22(32)18-15(10-16(27-28-18)25-21(31)12-8-9-12)24-14-7-5-6-13(19(14)35-3)20-26-17(36-29-20)11-30(2)37(4,33)34/h5-7,10,12H,8-9,11H2,1-4H3,(H,23,32)(H2,24,25,27,31)/i1D3. The highest BCUT2D eigenvalue weighted by Gasteiger charge is 2.30. The van der Waals surface area contributed by atoms with Crippen LogP contribution >= 0.6 is 0 Å². The molecule has 1 saturated carbocycles. The fourth-order valence-electron chi connectivity index (χ4n) is 3.26. The second-order valence-corrected chi connectivity index (χ2v) is 10.3. The van der Waals surface area contributed by atoms with Crippen LogP contribution in [0.2, 0.25) is 0 Å². The van der Waals surface area contributed by atoms with Gasteiger partial charge in [-0.25, -0.2) is 8.42 Å². The van der Waals surface area contributed by atoms with Gasteiger partial charge in [-0.3, -0.25) is 9.59 Å². The number of anilines is 3. The van der Waals surface area contributed by atoms with Gasteiger partial charge in [-0.15, -0.1) is 10.2 Å². The Hall–Kier alpha value is -4.11. The minimum absolute atomic E-state index is 0.0295. The van der Waals surface area contributed by atoms with Crippen LogP contribution < -0.4 is 20.7 Å². The fourth-order valence-corrected chi connectivity index (χ4v) is 3.61. The first-order chi connectivity index (χ1) is 18.7. The van der Waals surface area contributed by atoms with Crippen molar-refractivity contribution in [3.8, 4) is 17.1 Å². The zero-order valence-electron chi connectivity index (χ0n) is 23.1. The minimum atomic E-state index is -3.48. The van der Waals surface area contributed by atoms with Gasteiger partial charge in [-0.1, -0.05) is 11.2 Å². The summed E-state index contributed by atoms with van der Waals surface area (Å²) < 4.78 is 57.3. The fraction of sp³-hybridized carbons (Fsp3) is 0.364. The Bertz CT molecular complexity index is 1540. The number of ether oxygens (including phenoxy) is 1. The molecular formula is C22H26N8O6S. The largest absolute Gasteiger partial charge is 0.494 e. The monoisotopic (exact) mass is 533 g/mol. The molecule has 4 rings (SSSR count). The molecule has 1 aliphatic carbocycles. The van der Waals surface area contributed by atoms with Crippen molar-refractivity contribution in [1.82, 2.24) is 30.0 Å². The second-order valence-electron chi connectivity index (χ2n) is 8.25. The molecule has 0 bridgehead atoms. The van der Waals surface area contributed by atoms with Crippen molar-refractivity contribution in [2.45, 2.75) is 19.4 Å². The number of para-hydroxylation sites is 1. The number of nitrogens with one attached hydrogen (secondary N) is 3. The number of carbonyl (C=O) groups is 2. The molecule has 0 spiro atoms. The van der Waals surface area contributed by atoms with Crippen LogP contribution in [-0.4, -0.2) is 72.3 Å². The van der Waals surface area contributed by atoms with Crippen LogP contribution in [-0.2, 0) is 21.4 Å². The third-order valence-corrected chi connectivity index (χ3v) is 6.70. The molecule has 3 N–H and O–H groups in total. The van der Waals surface area contributed by atoms with Gasteiger partial charge in [-0.2, -0.15) is 9.29 Å². The van der Waals surface area contributed by atoms with Crippen LogP contribution in [0.5, 0.6) is 5.75 Å². The maximum atomic E-state index is 12.7. The lowest BCUT2D eigenvalue weighted by atomic mass is 10.1. The first-order valence-corrected chi connectivity index (χ1v) is 12.8. The molecule has 0 saturated heterocycles. The highest BCUT2D eigenvalue weighted by molar-refractivity contribution is 7.88. The summed E-state index contributed by atoms with van der Waals surface area (Å²) in [7, 11) is -0.725. The van der Waals surface area contributed by atoms with Crippen molar-refractivity contribution in [2.75, 3.05) is 38.0 Å². The van der Waals surface area contributed by atoms with Crippen molar-refractivity contribution >= 4 is 39.0 Å². The summed E-state index contributed by atoms with van der Waals surface area (Å²) in [5, 5.41) is 19.1. The molecule has 196 valence electrons. The van der Waals surface area contributed by atoms with Gasteiger partial charge in [0, 0.05) is 30.1 Å². The highest BCUT2D eigenvalue weighted by Crippen LogP contribution is 2.37. The summed E-state index contributed by atoms with van der Waals surface area (Å²) in [4.78, 5) is 29.2. The van der Waals surface area contributed by atoms with E-state index in [0.717, 1.165) is 23.4 Å². The maximum Gasteiger partial charge on any atom is 0.273 e. The molecule has 37 heavy (non-hydrogen) atoms. The molecular weight excluding hydrogens is 504 g/mol. The van der Waals surface area contributed by atoms with Crippen LogP contribution in [0.25, 0.3) is 11.4 Å². The lowest BCUT2D eigenvalue weighted by Gasteiger charge is -2.16. The summed E-state index contributed by atoms with van der Waals surface area (Å²) >= 11 is 0. The van der Waals surface area contributed by atoms with E-state index in [0.29, 0.717) is 11.3 Å². The van der Waals surface area contributed by atoms with Gasteiger partial charge in [-0.05, 0) is 25.0 Å². The summed E-state index contributed by atoms with van der Waals surface area (Å²) in [6.07, 6.45) is 2.57. The van der Waals surface area contributed by atoms with Gasteiger partial charge in [0.25, 0.3) is 5.91 Å². The van der Waals surface area contributed by atoms with E-state index in [1.807, 2.05) is 5.32 Å². The number of amides is 2. The van der Waals surface area contributed by atoms with E-state index < -0.39 is 22.9 Å². The zero-order chi connectivity index (χ0) is 29.2. The maximum absolute atomic E-state index is 12.7. The lowest BCUT2D eigenvalue weighted by molar-refractivity contribution is -0.117. The Morgan fingerprint density at radius 3 is 2.73 bits per heavy atom. The third-order valence-electron chi connectivity index (χ3n) is 5.44. The van der Waals surface area contributed by atoms with E-state index in [9.17, 15) is 18.0 Å². The molecule has 1 aromatic carbocycles. The third kappa shape index (κ3) is 6.00. The van der Waals surface area contributed by atoms with Crippen molar-refractivity contribution in [1.29, 1.82) is 0 Å². The van der Waals surface area contributed by atoms with Crippen LogP contribution in [0, 0.1) is 5.92 Å². The zero-order valence-corrected chi connectivity index (χ0v) is 20.9. The Balaban J connectivity index is 1.68. The van der Waals surface area contributed by atoms with Gasteiger partial charge in [0.1, 0.15) is 0 Å². The second kappa shape index (κ2) is 10.5. The quantitative estimate of drug-likeness (QED) is 0.342. The Morgan fingerprint density at radius 1 is 1.27 bits per heavy atom. The molecule has 0 unspecified atom stereocenters. The molecule has 0 radical (unpaired) electrons. The van der Waals surface area contributed by atoms with Crippen LogP contribution in [0.15, 0.2) is 28.8 Å². The number of sulfonamides is 1. The smallest absolute Gasteiger partial charge is 0.273 e. The predicted molar refractivity (Wildman–Crippen MR) is 133 cm³/mol. The summed E-state index contributed by atoms with van der Waals surface area (Å²) in [6, 6.07) is 6.22. The average molecular weight is 534 g/mol. The van der Waals surface area contributed by atoms with Crippen LogP contribution in [0.1, 0.15) is 33.3 Å². The number of aromatic nitrogens is 4. The van der Waals surface area contributed by atoms with E-state index in [1.165, 1.54) is 20.2 Å². The molecule has 2 heterocycles. The Kier molecular flexibility index (Phi) is 6.26. The number of benzene rings is 1. The molecule has 2 aromatic heterocycles. The molecule has 0 atom stereocenters. The molecule has 0 aliphatic heterocycles. The SMILES string of the molecule is [2H]C([2H])([2H])NC(=O)c1nnc(NC(=O)C2CC2)cc1Nc1cccc(-c2noc(CN(C)S(C)(=O)=O)n2)c1OC. The lowest BCUT2D eigenvalue weighted by Crippen LogP contribution is -2.25. The average Bonchev–Trinajstić information content (AvgIpc) is 3.61. The van der Waals surface area contributed by atoms with Crippen molar-refractivity contribution in [3.05, 3.63) is 35.9 Å². The first-order valence-electron chi connectivity index (χ1n) is 12.4. The summed E-state index contributed by atoms with van der Waals surface area (Å²) in [5.74, 6) is -0.974. The van der Waals surface area contributed by atoms with Crippen LogP contribution in [0.3, 0.4) is 0 Å². The highest BCUT2D eigenvalue weighted by atomic mass is 32.2. The van der Waals surface area contributed by atoms with E-state index in [4.69, 9.17) is 13.4 Å². The number of nitrogens with zero attached hydrogens (tertiary/aromatic N) is 5. The molecule has 2 amide bonds. The van der Waals surface area contributed by atoms with Gasteiger partial charge < -0.3 is 25.2 Å². The van der Waals surface area contributed by atoms with E-state index in [2.05, 4.69) is 31.0 Å². The van der Waals surface area contributed by atoms with Crippen molar-refractivity contribution in [3.63, 3.8) is 0 Å². The number of carbonyl (C=O) groups excluding carboxylic acids is 2. The van der Waals surface area contributed by atoms with Gasteiger partial charge in [0.15, 0.2) is 17.3 Å². The first kappa shape index (κ1) is 22.1. The number of methoxy groups -OCH3 is 1. The summed E-state index contributed by atoms with van der Waals surface area (Å²) in [5.41, 5.74) is 0.345. The van der Waals surface area contributed by atoms with E-state index >= 15 is 0 Å². The molecule has 1 aliphatic rings. The number of hydrogen-bond acceptors (Lipinski definition) is 11. The van der Waals surface area contributed by atoms with Crippen molar-refractivity contribution < 1.29 is 31.4 Å². The minimum Gasteiger partial charge on any atom is -0.494 e. The van der Waals surface area contributed by atoms with Crippen LogP contribution in [0.4, 0.5) is 17.2 Å². The van der Waals surface area contributed by atoms with Gasteiger partial charge in [0.05, 0.1) is 36.8 Å². The molecule has 3 aromatic rings. The normalized spacial score (nSPS) is 14.9. The topological polar surface area (TPSA) is 182 Å². The Morgan fingerprint density at radius 2 is 2.05 bits per heavy atom. The molecule has 15 heteroatoms. The Labute approximate surface area is 217 Å². The van der Waals surface area contributed by atoms with E-state index in [1.54, 1.807) is 18.2 Å². The van der Waals surface area contributed by atoms with E-state index in [-0.39, 0.29) is 53.0 Å². The predicted octanol–water partition coefficient (Wildman–Crippen LogP) is 1.38. The van der Waals surface area contributed by atoms with Gasteiger partial charge >= 0.3 is 0 Å². The number of rotatable bonds is 10.